The van der Waals surface area contributed by atoms with E-state index in [9.17, 15) is 27.2 Å². The topological polar surface area (TPSA) is 61.8 Å². The third-order valence-corrected chi connectivity index (χ3v) is 5.27. The monoisotopic (exact) mass is 425 g/mol. The number of rotatable bonds is 4. The van der Waals surface area contributed by atoms with E-state index in [1.54, 1.807) is 0 Å². The van der Waals surface area contributed by atoms with Crippen LogP contribution in [0.25, 0.3) is 0 Å². The molecule has 2 amide bonds. The van der Waals surface area contributed by atoms with Crippen LogP contribution in [-0.2, 0) is 15.8 Å². The quantitative estimate of drug-likeness (QED) is 0.737. The van der Waals surface area contributed by atoms with Gasteiger partial charge in [-0.05, 0) is 42.5 Å². The van der Waals surface area contributed by atoms with Crippen LogP contribution in [0.5, 0.6) is 0 Å². The van der Waals surface area contributed by atoms with Crippen molar-refractivity contribution >= 4 is 40.1 Å². The highest BCUT2D eigenvalue weighted by Crippen LogP contribution is 2.34. The molecule has 1 saturated heterocycles. The van der Waals surface area contributed by atoms with Crippen molar-refractivity contribution < 1.29 is 27.2 Å². The summed E-state index contributed by atoms with van der Waals surface area (Å²) in [4.78, 5) is 29.9. The second-order valence-electron chi connectivity index (χ2n) is 6.21. The van der Waals surface area contributed by atoms with E-state index in [0.29, 0.717) is 5.69 Å². The normalized spacial score (nSPS) is 18.4. The molecule has 0 aromatic heterocycles. The summed E-state index contributed by atoms with van der Waals surface area (Å²) in [6, 6.07) is 9.63. The summed E-state index contributed by atoms with van der Waals surface area (Å²) < 4.78 is 51.4. The van der Waals surface area contributed by atoms with E-state index in [-0.39, 0.29) is 23.2 Å². The van der Waals surface area contributed by atoms with Crippen LogP contribution < -0.4 is 5.32 Å². The van der Waals surface area contributed by atoms with E-state index in [1.807, 2.05) is 0 Å². The minimum Gasteiger partial charge on any atom is -0.326 e. The lowest BCUT2D eigenvalue weighted by Crippen LogP contribution is -2.30. The van der Waals surface area contributed by atoms with Gasteiger partial charge in [0.15, 0.2) is 5.17 Å². The van der Waals surface area contributed by atoms with Crippen molar-refractivity contribution in [3.8, 4) is 0 Å². The molecule has 3 rings (SSSR count). The number of hydrogen-bond donors (Lipinski definition) is 1. The number of anilines is 1. The number of alkyl halides is 3. The van der Waals surface area contributed by atoms with Crippen molar-refractivity contribution in [3.63, 3.8) is 0 Å². The van der Waals surface area contributed by atoms with Crippen molar-refractivity contribution in [2.45, 2.75) is 17.8 Å². The average Bonchev–Trinajstić information content (AvgIpc) is 2.91. The Morgan fingerprint density at radius 1 is 1.21 bits per heavy atom. The molecule has 1 N–H and O–H groups in total. The Bertz CT molecular complexity index is 961. The molecule has 1 aliphatic heterocycles. The summed E-state index contributed by atoms with van der Waals surface area (Å²) in [5, 5.41) is 2.01. The van der Waals surface area contributed by atoms with Gasteiger partial charge in [0.25, 0.3) is 0 Å². The molecule has 0 bridgehead atoms. The highest BCUT2D eigenvalue weighted by Gasteiger charge is 2.37. The van der Waals surface area contributed by atoms with Crippen LogP contribution in [0, 0.1) is 5.82 Å². The van der Waals surface area contributed by atoms with Gasteiger partial charge in [-0.2, -0.15) is 13.2 Å². The number of nitrogens with zero attached hydrogens (tertiary/aromatic N) is 2. The summed E-state index contributed by atoms with van der Waals surface area (Å²) in [6.45, 7) is 0. The number of amidine groups is 1. The molecule has 0 radical (unpaired) electrons. The number of amides is 2. The Morgan fingerprint density at radius 3 is 2.55 bits per heavy atom. The van der Waals surface area contributed by atoms with Crippen molar-refractivity contribution in [3.05, 3.63) is 59.9 Å². The van der Waals surface area contributed by atoms with Crippen molar-refractivity contribution in [2.75, 3.05) is 12.4 Å². The van der Waals surface area contributed by atoms with Gasteiger partial charge >= 0.3 is 6.18 Å². The molecular weight excluding hydrogens is 410 g/mol. The zero-order valence-corrected chi connectivity index (χ0v) is 15.9. The number of hydrogen-bond acceptors (Lipinski definition) is 4. The maximum atomic E-state index is 12.9. The number of carbonyl (C=O) groups excluding carboxylic acids is 2. The molecule has 5 nitrogen and oxygen atoms in total. The molecule has 29 heavy (non-hydrogen) atoms. The first-order valence-electron chi connectivity index (χ1n) is 8.39. The SMILES string of the molecule is CN1C(=O)C(CC(=O)Nc2ccc(F)cc2)SC1=Nc1cccc(C(F)(F)F)c1. The van der Waals surface area contributed by atoms with Crippen LogP contribution >= 0.6 is 11.8 Å². The van der Waals surface area contributed by atoms with E-state index in [4.69, 9.17) is 0 Å². The fourth-order valence-electron chi connectivity index (χ4n) is 2.57. The first-order chi connectivity index (χ1) is 13.6. The molecular formula is C19H15F4N3O2S. The second kappa shape index (κ2) is 8.24. The van der Waals surface area contributed by atoms with Gasteiger partial charge in [0.05, 0.1) is 11.3 Å². The maximum Gasteiger partial charge on any atom is 0.416 e. The lowest BCUT2D eigenvalue weighted by atomic mass is 10.2. The second-order valence-corrected chi connectivity index (χ2v) is 7.38. The minimum absolute atomic E-state index is 0.0541. The summed E-state index contributed by atoms with van der Waals surface area (Å²) in [5.74, 6) is -1.27. The first-order valence-corrected chi connectivity index (χ1v) is 9.27. The predicted octanol–water partition coefficient (Wildman–Crippen LogP) is 4.43. The lowest BCUT2D eigenvalue weighted by molar-refractivity contribution is -0.137. The van der Waals surface area contributed by atoms with Gasteiger partial charge < -0.3 is 5.32 Å². The van der Waals surface area contributed by atoms with E-state index in [2.05, 4.69) is 10.3 Å². The third kappa shape index (κ3) is 5.14. The summed E-state index contributed by atoms with van der Waals surface area (Å²) >= 11 is 1.00. The zero-order chi connectivity index (χ0) is 21.2. The summed E-state index contributed by atoms with van der Waals surface area (Å²) in [5.41, 5.74) is -0.400. The average molecular weight is 425 g/mol. The van der Waals surface area contributed by atoms with E-state index in [0.717, 1.165) is 23.9 Å². The van der Waals surface area contributed by atoms with Crippen molar-refractivity contribution in [2.24, 2.45) is 4.99 Å². The van der Waals surface area contributed by atoms with Crippen LogP contribution in [-0.4, -0.2) is 34.2 Å². The molecule has 2 aromatic carbocycles. The van der Waals surface area contributed by atoms with E-state index < -0.39 is 28.7 Å². The standard InChI is InChI=1S/C19H15F4N3O2S/c1-26-17(28)15(10-16(27)24-13-7-5-12(20)6-8-13)29-18(26)25-14-4-2-3-11(9-14)19(21,22)23/h2-9,15H,10H2,1H3,(H,24,27). The molecule has 10 heteroatoms. The molecule has 0 spiro atoms. The minimum atomic E-state index is -4.50. The molecule has 0 aliphatic carbocycles. The molecule has 1 fully saturated rings. The van der Waals surface area contributed by atoms with Gasteiger partial charge in [0.1, 0.15) is 11.1 Å². The fourth-order valence-corrected chi connectivity index (χ4v) is 3.73. The number of halogens is 4. The van der Waals surface area contributed by atoms with Crippen LogP contribution in [0.3, 0.4) is 0 Å². The fraction of sp³-hybridized carbons (Fsp3) is 0.211. The molecule has 1 aliphatic rings. The van der Waals surface area contributed by atoms with Gasteiger partial charge in [-0.25, -0.2) is 9.38 Å². The Hall–Kier alpha value is -2.88. The Balaban J connectivity index is 1.70. The van der Waals surface area contributed by atoms with Gasteiger partial charge in [-0.3, -0.25) is 14.5 Å². The number of carbonyl (C=O) groups is 2. The molecule has 1 atom stereocenters. The molecule has 2 aromatic rings. The van der Waals surface area contributed by atoms with Gasteiger partial charge in [-0.15, -0.1) is 0 Å². The van der Waals surface area contributed by atoms with Crippen molar-refractivity contribution in [1.82, 2.24) is 4.90 Å². The molecule has 0 saturated carbocycles. The third-order valence-electron chi connectivity index (χ3n) is 4.04. The molecule has 152 valence electrons. The highest BCUT2D eigenvalue weighted by atomic mass is 32.2. The van der Waals surface area contributed by atoms with E-state index in [1.165, 1.54) is 48.3 Å². The Labute approximate surface area is 167 Å². The van der Waals surface area contributed by atoms with Crippen LogP contribution in [0.4, 0.5) is 28.9 Å². The van der Waals surface area contributed by atoms with E-state index >= 15 is 0 Å². The summed E-state index contributed by atoms with van der Waals surface area (Å²) in [7, 11) is 1.44. The van der Waals surface area contributed by atoms with Crippen LogP contribution in [0.1, 0.15) is 12.0 Å². The maximum absolute atomic E-state index is 12.9. The number of thioether (sulfide) groups is 1. The van der Waals surface area contributed by atoms with Crippen molar-refractivity contribution in [1.29, 1.82) is 0 Å². The van der Waals surface area contributed by atoms with Gasteiger partial charge in [-0.1, -0.05) is 17.8 Å². The van der Waals surface area contributed by atoms with Crippen LogP contribution in [0.2, 0.25) is 0 Å². The lowest BCUT2D eigenvalue weighted by Gasteiger charge is -2.10. The largest absolute Gasteiger partial charge is 0.416 e. The Kier molecular flexibility index (Phi) is 5.92. The number of aliphatic imine (C=N–C) groups is 1. The molecule has 1 unspecified atom stereocenters. The Morgan fingerprint density at radius 2 is 1.90 bits per heavy atom. The smallest absolute Gasteiger partial charge is 0.326 e. The number of nitrogens with one attached hydrogen (secondary N) is 1. The first kappa shape index (κ1) is 20.8. The zero-order valence-electron chi connectivity index (χ0n) is 15.0. The van der Waals surface area contributed by atoms with Gasteiger partial charge in [0.2, 0.25) is 11.8 Å². The van der Waals surface area contributed by atoms with Gasteiger partial charge in [0, 0.05) is 19.2 Å². The number of benzene rings is 2. The highest BCUT2D eigenvalue weighted by molar-refractivity contribution is 8.15. The molecule has 1 heterocycles. The predicted molar refractivity (Wildman–Crippen MR) is 102 cm³/mol. The van der Waals surface area contributed by atoms with Crippen LogP contribution in [0.15, 0.2) is 53.5 Å². The summed E-state index contributed by atoms with van der Waals surface area (Å²) in [6.07, 6.45) is -4.66.